The number of benzene rings is 1. The minimum atomic E-state index is -0.396. The Labute approximate surface area is 160 Å². The van der Waals surface area contributed by atoms with Gasteiger partial charge in [-0.1, -0.05) is 6.92 Å². The van der Waals surface area contributed by atoms with Crippen molar-refractivity contribution in [3.05, 3.63) is 46.7 Å². The van der Waals surface area contributed by atoms with Gasteiger partial charge in [0.15, 0.2) is 11.5 Å². The monoisotopic (exact) mass is 421 g/mol. The second-order valence-electron chi connectivity index (χ2n) is 5.31. The molecule has 0 aliphatic carbocycles. The van der Waals surface area contributed by atoms with Crippen LogP contribution in [0.15, 0.2) is 41.1 Å². The molecule has 1 heterocycles. The van der Waals surface area contributed by atoms with Gasteiger partial charge in [0.05, 0.1) is 36.6 Å². The van der Waals surface area contributed by atoms with Crippen molar-refractivity contribution in [1.29, 1.82) is 0 Å². The smallest absolute Gasteiger partial charge is 0.251 e. The highest BCUT2D eigenvalue weighted by atomic mass is 79.9. The van der Waals surface area contributed by atoms with Crippen molar-refractivity contribution < 1.29 is 19.1 Å². The van der Waals surface area contributed by atoms with E-state index in [0.29, 0.717) is 33.8 Å². The zero-order chi connectivity index (χ0) is 18.9. The molecule has 0 bridgehead atoms. The van der Waals surface area contributed by atoms with E-state index in [4.69, 9.17) is 9.47 Å². The van der Waals surface area contributed by atoms with Gasteiger partial charge in [-0.05, 0) is 46.6 Å². The lowest BCUT2D eigenvalue weighted by Gasteiger charge is -2.14. The highest BCUT2D eigenvalue weighted by Crippen LogP contribution is 2.36. The summed E-state index contributed by atoms with van der Waals surface area (Å²) in [6, 6.07) is 6.62. The van der Waals surface area contributed by atoms with Crippen LogP contribution in [0, 0.1) is 0 Å². The first-order valence-corrected chi connectivity index (χ1v) is 8.82. The standard InChI is InChI=1S/C18H20BrN3O4/c1-3-7-26-17-14(19)8-12(9-15(17)25-2)18(24)21-11-16(23)22-13-5-4-6-20-10-13/h4-6,8-10H,3,7,11H2,1-2H3,(H,21,24)(H,22,23). The molecule has 0 aliphatic rings. The summed E-state index contributed by atoms with van der Waals surface area (Å²) in [7, 11) is 1.50. The molecule has 2 N–H and O–H groups in total. The minimum Gasteiger partial charge on any atom is -0.493 e. The molecule has 7 nitrogen and oxygen atoms in total. The quantitative estimate of drug-likeness (QED) is 0.683. The molecule has 0 saturated carbocycles. The van der Waals surface area contributed by atoms with Crippen LogP contribution in [0.25, 0.3) is 0 Å². The molecule has 1 aromatic heterocycles. The lowest BCUT2D eigenvalue weighted by atomic mass is 10.2. The number of methoxy groups -OCH3 is 1. The van der Waals surface area contributed by atoms with Crippen LogP contribution in [0.5, 0.6) is 11.5 Å². The lowest BCUT2D eigenvalue weighted by molar-refractivity contribution is -0.115. The highest BCUT2D eigenvalue weighted by Gasteiger charge is 2.16. The first kappa shape index (κ1) is 19.7. The first-order chi connectivity index (χ1) is 12.5. The van der Waals surface area contributed by atoms with Crippen molar-refractivity contribution in [2.45, 2.75) is 13.3 Å². The highest BCUT2D eigenvalue weighted by molar-refractivity contribution is 9.10. The molecule has 26 heavy (non-hydrogen) atoms. The summed E-state index contributed by atoms with van der Waals surface area (Å²) in [4.78, 5) is 28.1. The van der Waals surface area contributed by atoms with Gasteiger partial charge in [0.2, 0.25) is 5.91 Å². The normalized spacial score (nSPS) is 10.1. The van der Waals surface area contributed by atoms with Crippen molar-refractivity contribution in [2.24, 2.45) is 0 Å². The number of amides is 2. The molecule has 0 unspecified atom stereocenters. The Morgan fingerprint density at radius 3 is 2.77 bits per heavy atom. The van der Waals surface area contributed by atoms with Gasteiger partial charge in [-0.25, -0.2) is 0 Å². The summed E-state index contributed by atoms with van der Waals surface area (Å²) in [6.07, 6.45) is 3.98. The first-order valence-electron chi connectivity index (χ1n) is 8.03. The second-order valence-corrected chi connectivity index (χ2v) is 6.16. The molecule has 0 fully saturated rings. The number of hydrogen-bond donors (Lipinski definition) is 2. The van der Waals surface area contributed by atoms with E-state index in [0.717, 1.165) is 6.42 Å². The zero-order valence-electron chi connectivity index (χ0n) is 14.5. The van der Waals surface area contributed by atoms with Crippen LogP contribution in [0.3, 0.4) is 0 Å². The molecule has 0 atom stereocenters. The third-order valence-corrected chi connectivity index (χ3v) is 3.89. The van der Waals surface area contributed by atoms with E-state index >= 15 is 0 Å². The molecule has 0 radical (unpaired) electrons. The summed E-state index contributed by atoms with van der Waals surface area (Å²) in [6.45, 7) is 2.37. The van der Waals surface area contributed by atoms with Crippen LogP contribution < -0.4 is 20.1 Å². The number of halogens is 1. The summed E-state index contributed by atoms with van der Waals surface area (Å²) in [5, 5.41) is 5.22. The molecule has 8 heteroatoms. The zero-order valence-corrected chi connectivity index (χ0v) is 16.1. The average molecular weight is 422 g/mol. The number of carbonyl (C=O) groups is 2. The van der Waals surface area contributed by atoms with E-state index < -0.39 is 5.91 Å². The lowest BCUT2D eigenvalue weighted by Crippen LogP contribution is -2.32. The molecule has 2 rings (SSSR count). The topological polar surface area (TPSA) is 89.5 Å². The number of aromatic nitrogens is 1. The molecule has 0 spiro atoms. The van der Waals surface area contributed by atoms with E-state index in [2.05, 4.69) is 31.5 Å². The van der Waals surface area contributed by atoms with Crippen LogP contribution in [-0.2, 0) is 4.79 Å². The number of nitrogens with one attached hydrogen (secondary N) is 2. The van der Waals surface area contributed by atoms with Gasteiger partial charge in [-0.15, -0.1) is 0 Å². The molecule has 138 valence electrons. The van der Waals surface area contributed by atoms with Gasteiger partial charge in [-0.2, -0.15) is 0 Å². The molecular formula is C18H20BrN3O4. The number of ether oxygens (including phenoxy) is 2. The van der Waals surface area contributed by atoms with E-state index in [-0.39, 0.29) is 12.5 Å². The van der Waals surface area contributed by atoms with Crippen LogP contribution in [0.2, 0.25) is 0 Å². The number of anilines is 1. The Balaban J connectivity index is 2.00. The van der Waals surface area contributed by atoms with Gasteiger partial charge >= 0.3 is 0 Å². The Bertz CT molecular complexity index is 769. The third kappa shape index (κ3) is 5.45. The van der Waals surface area contributed by atoms with Crippen LogP contribution in [-0.4, -0.2) is 37.1 Å². The fraction of sp³-hybridized carbons (Fsp3) is 0.278. The molecular weight excluding hydrogens is 402 g/mol. The van der Waals surface area contributed by atoms with Crippen molar-refractivity contribution in [3.63, 3.8) is 0 Å². The summed E-state index contributed by atoms with van der Waals surface area (Å²) in [5.74, 6) is 0.241. The molecule has 2 aromatic rings. The Morgan fingerprint density at radius 2 is 2.12 bits per heavy atom. The van der Waals surface area contributed by atoms with Gasteiger partial charge in [0, 0.05) is 11.8 Å². The fourth-order valence-corrected chi connectivity index (χ4v) is 2.66. The minimum absolute atomic E-state index is 0.165. The van der Waals surface area contributed by atoms with Gasteiger partial charge in [0.1, 0.15) is 0 Å². The fourth-order valence-electron chi connectivity index (χ4n) is 2.10. The average Bonchev–Trinajstić information content (AvgIpc) is 2.65. The molecule has 0 aliphatic heterocycles. The molecule has 0 saturated heterocycles. The second kappa shape index (κ2) is 9.76. The Hall–Kier alpha value is -2.61. The van der Waals surface area contributed by atoms with E-state index in [9.17, 15) is 9.59 Å². The predicted octanol–water partition coefficient (Wildman–Crippen LogP) is 3.01. The number of nitrogens with zero attached hydrogens (tertiary/aromatic N) is 1. The van der Waals surface area contributed by atoms with Crippen molar-refractivity contribution >= 4 is 33.4 Å². The number of carbonyl (C=O) groups excluding carboxylic acids is 2. The van der Waals surface area contributed by atoms with E-state index in [1.54, 1.807) is 30.5 Å². The number of rotatable bonds is 8. The van der Waals surface area contributed by atoms with Gasteiger partial charge in [0.25, 0.3) is 5.91 Å². The van der Waals surface area contributed by atoms with Crippen molar-refractivity contribution in [1.82, 2.24) is 10.3 Å². The van der Waals surface area contributed by atoms with Crippen molar-refractivity contribution in [2.75, 3.05) is 25.6 Å². The maximum atomic E-state index is 12.3. The SMILES string of the molecule is CCCOc1c(Br)cc(C(=O)NCC(=O)Nc2cccnc2)cc1OC. The van der Waals surface area contributed by atoms with Crippen molar-refractivity contribution in [3.8, 4) is 11.5 Å². The van der Waals surface area contributed by atoms with E-state index in [1.807, 2.05) is 6.92 Å². The number of hydrogen-bond acceptors (Lipinski definition) is 5. The summed E-state index contributed by atoms with van der Waals surface area (Å²) in [5.41, 5.74) is 0.917. The Kier molecular flexibility index (Phi) is 7.40. The number of pyridine rings is 1. The van der Waals surface area contributed by atoms with Crippen LogP contribution in [0.4, 0.5) is 5.69 Å². The molecule has 1 aromatic carbocycles. The third-order valence-electron chi connectivity index (χ3n) is 3.30. The summed E-state index contributed by atoms with van der Waals surface area (Å²) < 4.78 is 11.5. The van der Waals surface area contributed by atoms with Gasteiger partial charge in [-0.3, -0.25) is 14.6 Å². The molecule has 2 amide bonds. The maximum absolute atomic E-state index is 12.3. The van der Waals surface area contributed by atoms with Crippen LogP contribution in [0.1, 0.15) is 23.7 Å². The largest absolute Gasteiger partial charge is 0.493 e. The predicted molar refractivity (Wildman–Crippen MR) is 102 cm³/mol. The van der Waals surface area contributed by atoms with E-state index in [1.165, 1.54) is 13.3 Å². The summed E-state index contributed by atoms with van der Waals surface area (Å²) >= 11 is 3.39. The Morgan fingerprint density at radius 1 is 1.31 bits per heavy atom. The maximum Gasteiger partial charge on any atom is 0.251 e. The van der Waals surface area contributed by atoms with Crippen LogP contribution >= 0.6 is 15.9 Å². The van der Waals surface area contributed by atoms with Gasteiger partial charge < -0.3 is 20.1 Å².